The second-order valence-corrected chi connectivity index (χ2v) is 10.4. The van der Waals surface area contributed by atoms with Gasteiger partial charge in [-0.05, 0) is 43.6 Å². The van der Waals surface area contributed by atoms with Gasteiger partial charge >= 0.3 is 0 Å². The van der Waals surface area contributed by atoms with Crippen LogP contribution in [0.4, 0.5) is 0 Å². The van der Waals surface area contributed by atoms with Crippen molar-refractivity contribution in [1.82, 2.24) is 19.6 Å². The molecule has 0 amide bonds. The smallest absolute Gasteiger partial charge is 0.0351 e. The first-order valence-electron chi connectivity index (χ1n) is 11.4. The summed E-state index contributed by atoms with van der Waals surface area (Å²) in [5, 5.41) is 0. The number of hydrogen-bond donors (Lipinski definition) is 0. The van der Waals surface area contributed by atoms with Crippen molar-refractivity contribution >= 4 is 0 Å². The van der Waals surface area contributed by atoms with Crippen molar-refractivity contribution in [3.8, 4) is 0 Å². The molecule has 0 bridgehead atoms. The second kappa shape index (κ2) is 8.06. The van der Waals surface area contributed by atoms with Gasteiger partial charge < -0.3 is 14.7 Å². The van der Waals surface area contributed by atoms with Crippen LogP contribution in [-0.2, 0) is 0 Å². The highest BCUT2D eigenvalue weighted by molar-refractivity contribution is 4.99. The van der Waals surface area contributed by atoms with Crippen molar-refractivity contribution in [3.05, 3.63) is 0 Å². The normalized spacial score (nSPS) is 30.1. The van der Waals surface area contributed by atoms with E-state index in [-0.39, 0.29) is 0 Å². The van der Waals surface area contributed by atoms with Gasteiger partial charge in [0.15, 0.2) is 0 Å². The van der Waals surface area contributed by atoms with Crippen LogP contribution >= 0.6 is 0 Å². The monoisotopic (exact) mass is 362 g/mol. The van der Waals surface area contributed by atoms with E-state index in [1.807, 2.05) is 0 Å². The van der Waals surface area contributed by atoms with Gasteiger partial charge in [-0.1, -0.05) is 26.7 Å². The summed E-state index contributed by atoms with van der Waals surface area (Å²) in [6, 6.07) is 0.853. The third-order valence-corrected chi connectivity index (χ3v) is 7.60. The van der Waals surface area contributed by atoms with E-state index in [2.05, 4.69) is 40.5 Å². The lowest BCUT2D eigenvalue weighted by atomic mass is 9.88. The SMILES string of the molecule is CCCC(C)CC1(CN2CC(CN3CCN(C4CN(C)C4)CC3)C2)CC1. The van der Waals surface area contributed by atoms with Crippen LogP contribution in [0.1, 0.15) is 46.0 Å². The van der Waals surface area contributed by atoms with Crippen LogP contribution in [-0.4, -0.2) is 98.1 Å². The Kier molecular flexibility index (Phi) is 5.95. The molecule has 4 fully saturated rings. The van der Waals surface area contributed by atoms with Crippen molar-refractivity contribution < 1.29 is 0 Å². The molecule has 26 heavy (non-hydrogen) atoms. The van der Waals surface area contributed by atoms with E-state index in [0.29, 0.717) is 0 Å². The van der Waals surface area contributed by atoms with E-state index in [4.69, 9.17) is 0 Å². The van der Waals surface area contributed by atoms with Crippen molar-refractivity contribution in [2.45, 2.75) is 52.0 Å². The van der Waals surface area contributed by atoms with Gasteiger partial charge in [0.05, 0.1) is 0 Å². The zero-order valence-electron chi connectivity index (χ0n) is 17.6. The van der Waals surface area contributed by atoms with Crippen LogP contribution in [0, 0.1) is 17.3 Å². The summed E-state index contributed by atoms with van der Waals surface area (Å²) in [7, 11) is 2.24. The van der Waals surface area contributed by atoms with Gasteiger partial charge in [0.1, 0.15) is 0 Å². The van der Waals surface area contributed by atoms with E-state index in [1.54, 1.807) is 0 Å². The van der Waals surface area contributed by atoms with E-state index in [9.17, 15) is 0 Å². The first-order valence-corrected chi connectivity index (χ1v) is 11.4. The topological polar surface area (TPSA) is 13.0 Å². The number of piperazine rings is 1. The van der Waals surface area contributed by atoms with Gasteiger partial charge in [0.25, 0.3) is 0 Å². The molecule has 4 aliphatic rings. The number of likely N-dealkylation sites (N-methyl/N-ethyl adjacent to an activating group) is 1. The van der Waals surface area contributed by atoms with Crippen LogP contribution in [0.2, 0.25) is 0 Å². The Bertz CT molecular complexity index is 443. The Hall–Kier alpha value is -0.160. The van der Waals surface area contributed by atoms with Crippen LogP contribution < -0.4 is 0 Å². The lowest BCUT2D eigenvalue weighted by Crippen LogP contribution is -2.62. The summed E-state index contributed by atoms with van der Waals surface area (Å²) in [6.45, 7) is 18.1. The summed E-state index contributed by atoms with van der Waals surface area (Å²) >= 11 is 0. The minimum absolute atomic E-state index is 0.723. The highest BCUT2D eigenvalue weighted by Gasteiger charge is 2.46. The zero-order chi connectivity index (χ0) is 18.1. The van der Waals surface area contributed by atoms with Gasteiger partial charge in [-0.25, -0.2) is 0 Å². The number of nitrogens with zero attached hydrogens (tertiary/aromatic N) is 4. The molecule has 1 saturated carbocycles. The molecule has 0 N–H and O–H groups in total. The maximum absolute atomic E-state index is 2.77. The average molecular weight is 363 g/mol. The zero-order valence-corrected chi connectivity index (χ0v) is 17.6. The van der Waals surface area contributed by atoms with Crippen LogP contribution in [0.25, 0.3) is 0 Å². The predicted molar refractivity (Wildman–Crippen MR) is 110 cm³/mol. The minimum atomic E-state index is 0.723. The Morgan fingerprint density at radius 3 is 2.23 bits per heavy atom. The third-order valence-electron chi connectivity index (χ3n) is 7.60. The van der Waals surface area contributed by atoms with E-state index in [1.165, 1.54) is 97.6 Å². The molecule has 4 rings (SSSR count). The number of likely N-dealkylation sites (tertiary alicyclic amines) is 2. The molecule has 0 spiro atoms. The standard InChI is InChI=1S/C22H42N4/c1-4-5-19(2)12-22(6-7-22)18-25-14-20(15-25)13-24-8-10-26(11-9-24)21-16-23(3)17-21/h19-21H,4-18H2,1-3H3. The van der Waals surface area contributed by atoms with Crippen molar-refractivity contribution in [2.75, 3.05) is 72.5 Å². The molecule has 0 radical (unpaired) electrons. The summed E-state index contributed by atoms with van der Waals surface area (Å²) in [4.78, 5) is 10.7. The molecule has 3 heterocycles. The fourth-order valence-corrected chi connectivity index (χ4v) is 5.91. The van der Waals surface area contributed by atoms with E-state index < -0.39 is 0 Å². The van der Waals surface area contributed by atoms with Gasteiger partial charge in [0.2, 0.25) is 0 Å². The highest BCUT2D eigenvalue weighted by Crippen LogP contribution is 2.52. The Morgan fingerprint density at radius 1 is 0.962 bits per heavy atom. The highest BCUT2D eigenvalue weighted by atomic mass is 15.3. The quantitative estimate of drug-likeness (QED) is 0.625. The molecule has 1 aliphatic carbocycles. The summed E-state index contributed by atoms with van der Waals surface area (Å²) in [6.07, 6.45) is 7.27. The molecular formula is C22H42N4. The predicted octanol–water partition coefficient (Wildman–Crippen LogP) is 2.46. The van der Waals surface area contributed by atoms with Crippen LogP contribution in [0.15, 0.2) is 0 Å². The first kappa shape index (κ1) is 19.2. The molecule has 0 aromatic rings. The maximum atomic E-state index is 2.77. The Labute approximate surface area is 161 Å². The van der Waals surface area contributed by atoms with Crippen LogP contribution in [0.3, 0.4) is 0 Å². The molecule has 1 atom stereocenters. The molecule has 4 nitrogen and oxygen atoms in total. The fraction of sp³-hybridized carbons (Fsp3) is 1.00. The van der Waals surface area contributed by atoms with E-state index in [0.717, 1.165) is 23.3 Å². The molecule has 150 valence electrons. The molecule has 0 aromatic heterocycles. The van der Waals surface area contributed by atoms with Gasteiger partial charge in [-0.3, -0.25) is 4.90 Å². The van der Waals surface area contributed by atoms with Crippen molar-refractivity contribution in [2.24, 2.45) is 17.3 Å². The summed E-state index contributed by atoms with van der Waals surface area (Å²) in [5.41, 5.74) is 0.723. The van der Waals surface area contributed by atoms with Crippen molar-refractivity contribution in [3.63, 3.8) is 0 Å². The number of hydrogen-bond acceptors (Lipinski definition) is 4. The second-order valence-electron chi connectivity index (χ2n) is 10.4. The lowest BCUT2D eigenvalue weighted by Gasteiger charge is -2.48. The average Bonchev–Trinajstić information content (AvgIpc) is 3.30. The lowest BCUT2D eigenvalue weighted by molar-refractivity contribution is -0.00185. The minimum Gasteiger partial charge on any atom is -0.303 e. The maximum Gasteiger partial charge on any atom is 0.0351 e. The molecule has 3 saturated heterocycles. The van der Waals surface area contributed by atoms with Crippen molar-refractivity contribution in [1.29, 1.82) is 0 Å². The number of rotatable bonds is 9. The Morgan fingerprint density at radius 2 is 1.65 bits per heavy atom. The van der Waals surface area contributed by atoms with Crippen LogP contribution in [0.5, 0.6) is 0 Å². The van der Waals surface area contributed by atoms with E-state index >= 15 is 0 Å². The molecule has 3 aliphatic heterocycles. The third kappa shape index (κ3) is 4.63. The summed E-state index contributed by atoms with van der Waals surface area (Å²) < 4.78 is 0. The Balaban J connectivity index is 1.10. The fourth-order valence-electron chi connectivity index (χ4n) is 5.91. The largest absolute Gasteiger partial charge is 0.303 e. The van der Waals surface area contributed by atoms with Gasteiger partial charge in [-0.15, -0.1) is 0 Å². The molecule has 1 unspecified atom stereocenters. The first-order chi connectivity index (χ1) is 12.5. The van der Waals surface area contributed by atoms with Gasteiger partial charge in [0, 0.05) is 71.5 Å². The summed E-state index contributed by atoms with van der Waals surface area (Å²) in [5.74, 6) is 1.88. The molecule has 4 heteroatoms. The molecule has 0 aromatic carbocycles. The molecular weight excluding hydrogens is 320 g/mol. The van der Waals surface area contributed by atoms with Gasteiger partial charge in [-0.2, -0.15) is 0 Å².